The molecule has 0 aromatic heterocycles. The molecule has 5 N–H and O–H groups in total. The van der Waals surface area contributed by atoms with E-state index in [1.54, 1.807) is 6.07 Å². The van der Waals surface area contributed by atoms with Gasteiger partial charge in [-0.2, -0.15) is 4.89 Å². The van der Waals surface area contributed by atoms with Crippen LogP contribution in [-0.2, 0) is 11.2 Å². The molecule has 8 nitrogen and oxygen atoms in total. The van der Waals surface area contributed by atoms with E-state index in [0.29, 0.717) is 42.9 Å². The van der Waals surface area contributed by atoms with Gasteiger partial charge < -0.3 is 30.1 Å². The van der Waals surface area contributed by atoms with Gasteiger partial charge in [-0.1, -0.05) is 24.6 Å². The van der Waals surface area contributed by atoms with E-state index < -0.39 is 25.4 Å². The summed E-state index contributed by atoms with van der Waals surface area (Å²) in [7, 11) is -2.42. The molecule has 3 atom stereocenters. The largest absolute Gasteiger partial charge is 0.515 e. The normalized spacial score (nSPS) is 17.6. The van der Waals surface area contributed by atoms with E-state index in [-0.39, 0.29) is 25.5 Å². The van der Waals surface area contributed by atoms with Crippen molar-refractivity contribution in [2.75, 3.05) is 19.7 Å². The van der Waals surface area contributed by atoms with Gasteiger partial charge in [-0.15, -0.1) is 0 Å². The Hall–Kier alpha value is -2.22. The van der Waals surface area contributed by atoms with E-state index in [4.69, 9.17) is 9.47 Å². The van der Waals surface area contributed by atoms with Gasteiger partial charge in [-0.3, -0.25) is 0 Å². The summed E-state index contributed by atoms with van der Waals surface area (Å²) < 4.78 is 24.3. The Morgan fingerprint density at radius 2 is 1.79 bits per heavy atom. The Balaban J connectivity index is 1.53. The number of para-hydroxylation sites is 1. The monoisotopic (exact) mass is 492 g/mol. The second-order valence-electron chi connectivity index (χ2n) is 8.76. The van der Waals surface area contributed by atoms with Crippen molar-refractivity contribution < 1.29 is 34.3 Å². The molecule has 1 aliphatic carbocycles. The van der Waals surface area contributed by atoms with Gasteiger partial charge in [0.2, 0.25) is 5.16 Å². The van der Waals surface area contributed by atoms with Crippen molar-refractivity contribution in [1.29, 1.82) is 0 Å². The highest BCUT2D eigenvalue weighted by Gasteiger charge is 2.57. The smallest absolute Gasteiger partial charge is 0.508 e. The molecule has 1 saturated carbocycles. The lowest BCUT2D eigenvalue weighted by atomic mass is 9.82. The minimum atomic E-state index is -2.42. The van der Waals surface area contributed by atoms with Gasteiger partial charge in [0, 0.05) is 31.4 Å². The SMILES string of the molecule is O=[P+](O)C1(C(CCNCC(O)COc2ccc(O)c(CO)c2)Oc2ccccc2)CCCCC1. The van der Waals surface area contributed by atoms with Crippen LogP contribution in [0.5, 0.6) is 17.2 Å². The first kappa shape index (κ1) is 26.4. The molecule has 2 aromatic carbocycles. The molecule has 1 fully saturated rings. The zero-order valence-electron chi connectivity index (χ0n) is 19.3. The predicted octanol–water partition coefficient (Wildman–Crippen LogP) is 3.49. The number of rotatable bonds is 13. The lowest BCUT2D eigenvalue weighted by Gasteiger charge is -2.34. The molecule has 34 heavy (non-hydrogen) atoms. The van der Waals surface area contributed by atoms with Crippen LogP contribution >= 0.6 is 8.03 Å². The number of aliphatic hydroxyl groups is 2. The van der Waals surface area contributed by atoms with Crippen molar-refractivity contribution in [3.05, 3.63) is 54.1 Å². The maximum atomic E-state index is 12.5. The summed E-state index contributed by atoms with van der Waals surface area (Å²) in [5.74, 6) is 1.12. The van der Waals surface area contributed by atoms with E-state index in [0.717, 1.165) is 19.3 Å². The summed E-state index contributed by atoms with van der Waals surface area (Å²) in [4.78, 5) is 10.3. The first-order chi connectivity index (χ1) is 16.4. The van der Waals surface area contributed by atoms with E-state index >= 15 is 0 Å². The number of hydrogen-bond acceptors (Lipinski definition) is 7. The number of aliphatic hydroxyl groups excluding tert-OH is 2. The number of aromatic hydroxyl groups is 1. The maximum Gasteiger partial charge on any atom is 0.515 e. The summed E-state index contributed by atoms with van der Waals surface area (Å²) in [6.45, 7) is 0.522. The first-order valence-electron chi connectivity index (χ1n) is 11.8. The molecule has 0 radical (unpaired) electrons. The summed E-state index contributed by atoms with van der Waals surface area (Å²) in [6, 6.07) is 13.9. The van der Waals surface area contributed by atoms with Gasteiger partial charge in [0.05, 0.1) is 6.61 Å². The fraction of sp³-hybridized carbons (Fsp3) is 0.520. The third kappa shape index (κ3) is 7.14. The highest BCUT2D eigenvalue weighted by Crippen LogP contribution is 2.50. The Morgan fingerprint density at radius 3 is 2.47 bits per heavy atom. The van der Waals surface area contributed by atoms with Crippen molar-refractivity contribution in [1.82, 2.24) is 5.32 Å². The van der Waals surface area contributed by atoms with Gasteiger partial charge in [-0.05, 0) is 54.3 Å². The molecule has 9 heteroatoms. The van der Waals surface area contributed by atoms with Gasteiger partial charge in [0.15, 0.2) is 6.10 Å². The Bertz CT molecular complexity index is 905. The summed E-state index contributed by atoms with van der Waals surface area (Å²) >= 11 is 0. The van der Waals surface area contributed by atoms with Gasteiger partial charge >= 0.3 is 8.03 Å². The van der Waals surface area contributed by atoms with Crippen LogP contribution in [-0.4, -0.2) is 57.3 Å². The van der Waals surface area contributed by atoms with Crippen LogP contribution in [0.2, 0.25) is 0 Å². The lowest BCUT2D eigenvalue weighted by Crippen LogP contribution is -2.46. The average Bonchev–Trinajstić information content (AvgIpc) is 2.86. The molecule has 0 bridgehead atoms. The molecule has 0 saturated heterocycles. The minimum Gasteiger partial charge on any atom is -0.508 e. The number of ether oxygens (including phenoxy) is 2. The Labute approximate surface area is 201 Å². The van der Waals surface area contributed by atoms with Crippen molar-refractivity contribution in [3.8, 4) is 17.2 Å². The van der Waals surface area contributed by atoms with E-state index in [1.165, 1.54) is 12.1 Å². The minimum absolute atomic E-state index is 0.00953. The van der Waals surface area contributed by atoms with E-state index in [9.17, 15) is 24.8 Å². The molecule has 3 unspecified atom stereocenters. The van der Waals surface area contributed by atoms with Gasteiger partial charge in [-0.25, -0.2) is 0 Å². The highest BCUT2D eigenvalue weighted by atomic mass is 31.1. The molecule has 0 spiro atoms. The summed E-state index contributed by atoms with van der Waals surface area (Å²) in [5, 5.41) is 31.6. The predicted molar refractivity (Wildman–Crippen MR) is 130 cm³/mol. The lowest BCUT2D eigenvalue weighted by molar-refractivity contribution is 0.0968. The zero-order chi connectivity index (χ0) is 24.4. The second-order valence-corrected chi connectivity index (χ2v) is 10.2. The molecular weight excluding hydrogens is 457 g/mol. The van der Waals surface area contributed by atoms with Crippen LogP contribution in [0, 0.1) is 0 Å². The van der Waals surface area contributed by atoms with Crippen LogP contribution in [0.4, 0.5) is 0 Å². The van der Waals surface area contributed by atoms with Crippen LogP contribution in [0.1, 0.15) is 44.1 Å². The number of benzene rings is 2. The van der Waals surface area contributed by atoms with Gasteiger partial charge in [0.1, 0.15) is 30.0 Å². The number of nitrogens with one attached hydrogen (secondary N) is 1. The number of hydrogen-bond donors (Lipinski definition) is 5. The Morgan fingerprint density at radius 1 is 1.06 bits per heavy atom. The van der Waals surface area contributed by atoms with E-state index in [2.05, 4.69) is 5.32 Å². The number of phenols is 1. The molecule has 2 aromatic rings. The zero-order valence-corrected chi connectivity index (χ0v) is 20.2. The molecule has 0 amide bonds. The fourth-order valence-electron chi connectivity index (χ4n) is 4.43. The van der Waals surface area contributed by atoms with Gasteiger partial charge in [0.25, 0.3) is 0 Å². The quantitative estimate of drug-likeness (QED) is 0.212. The average molecular weight is 493 g/mol. The molecule has 186 valence electrons. The van der Waals surface area contributed by atoms with Crippen LogP contribution < -0.4 is 14.8 Å². The van der Waals surface area contributed by atoms with Crippen LogP contribution in [0.3, 0.4) is 0 Å². The molecule has 3 rings (SSSR count). The Kier molecular flexibility index (Phi) is 10.1. The molecular formula is C25H35NO7P+. The van der Waals surface area contributed by atoms with Crippen LogP contribution in [0.15, 0.2) is 48.5 Å². The maximum absolute atomic E-state index is 12.5. The summed E-state index contributed by atoms with van der Waals surface area (Å²) in [5.41, 5.74) is 0.355. The third-order valence-electron chi connectivity index (χ3n) is 6.35. The van der Waals surface area contributed by atoms with Crippen molar-refractivity contribution in [2.24, 2.45) is 0 Å². The molecule has 0 heterocycles. The highest BCUT2D eigenvalue weighted by molar-refractivity contribution is 7.40. The topological polar surface area (TPSA) is 128 Å². The molecule has 0 aliphatic heterocycles. The third-order valence-corrected chi connectivity index (χ3v) is 7.85. The van der Waals surface area contributed by atoms with Crippen LogP contribution in [0.25, 0.3) is 0 Å². The standard InChI is InChI=1S/C25H34NO7P/c27-17-19-15-22(9-10-23(19)29)32-18-20(28)16-26-14-11-24(33-21-7-3-1-4-8-21)25(34(30)31)12-5-2-6-13-25/h1,3-4,7-10,15,20,24,26-28H,2,5-6,11-14,16-18H2,(H-,29,30,31)/p+1. The van der Waals surface area contributed by atoms with E-state index in [1.807, 2.05) is 30.3 Å². The fourth-order valence-corrected chi connectivity index (χ4v) is 5.56. The second kappa shape index (κ2) is 13.0. The summed E-state index contributed by atoms with van der Waals surface area (Å²) in [6.07, 6.45) is 3.54. The first-order valence-corrected chi connectivity index (χ1v) is 13.0. The molecule has 1 aliphatic rings. The van der Waals surface area contributed by atoms with Crippen molar-refractivity contribution in [3.63, 3.8) is 0 Å². The van der Waals surface area contributed by atoms with Crippen molar-refractivity contribution >= 4 is 8.03 Å². The van der Waals surface area contributed by atoms with Crippen molar-refractivity contribution in [2.45, 2.75) is 62.5 Å².